The fourth-order valence-electron chi connectivity index (χ4n) is 2.08. The quantitative estimate of drug-likeness (QED) is 0.738. The van der Waals surface area contributed by atoms with Crippen molar-refractivity contribution in [3.05, 3.63) is 0 Å². The second kappa shape index (κ2) is 5.96. The summed E-state index contributed by atoms with van der Waals surface area (Å²) >= 11 is 0. The van der Waals surface area contributed by atoms with Gasteiger partial charge in [-0.15, -0.1) is 0 Å². The number of rotatable bonds is 4. The summed E-state index contributed by atoms with van der Waals surface area (Å²) in [4.78, 5) is 14.6. The molecule has 1 aliphatic rings. The zero-order valence-corrected chi connectivity index (χ0v) is 14.7. The molecule has 0 N–H and O–H groups in total. The van der Waals surface area contributed by atoms with Crippen molar-refractivity contribution in [1.82, 2.24) is 4.90 Å². The molecule has 3 nitrogen and oxygen atoms in total. The molecular formula is C15H31NO2Si. The van der Waals surface area contributed by atoms with E-state index in [1.54, 1.807) is 0 Å². The van der Waals surface area contributed by atoms with E-state index in [-0.39, 0.29) is 23.0 Å². The second-order valence-corrected chi connectivity index (χ2v) is 12.3. The molecule has 1 saturated heterocycles. The normalized spacial score (nSPS) is 19.1. The van der Waals surface area contributed by atoms with Crippen LogP contribution in [-0.2, 0) is 9.22 Å². The molecule has 0 spiro atoms. The summed E-state index contributed by atoms with van der Waals surface area (Å²) in [5.74, 6) is 0.444. The summed E-state index contributed by atoms with van der Waals surface area (Å²) < 4.78 is 6.39. The first-order valence-corrected chi connectivity index (χ1v) is 10.4. The Morgan fingerprint density at radius 3 is 2.00 bits per heavy atom. The largest absolute Gasteiger partial charge is 0.405 e. The lowest BCUT2D eigenvalue weighted by atomic mass is 10.1. The first-order chi connectivity index (χ1) is 8.56. The molecule has 0 aromatic heterocycles. The van der Waals surface area contributed by atoms with Crippen LogP contribution in [0, 0.1) is 5.92 Å². The van der Waals surface area contributed by atoms with E-state index < -0.39 is 8.32 Å². The van der Waals surface area contributed by atoms with E-state index in [1.165, 1.54) is 0 Å². The standard InChI is InChI=1S/C15H31NO2Si/c1-12(2)13(14(17)16-10-8-9-11-16)18-19(6,7)15(3,4)5/h12-13H,8-11H2,1-7H3/t13-/m0/s1. The van der Waals surface area contributed by atoms with Crippen LogP contribution in [0.15, 0.2) is 0 Å². The minimum atomic E-state index is -1.89. The average Bonchev–Trinajstić information content (AvgIpc) is 2.76. The van der Waals surface area contributed by atoms with Gasteiger partial charge in [0.15, 0.2) is 8.32 Å². The smallest absolute Gasteiger partial charge is 0.250 e. The predicted molar refractivity (Wildman–Crippen MR) is 82.7 cm³/mol. The molecule has 1 fully saturated rings. The highest BCUT2D eigenvalue weighted by atomic mass is 28.4. The second-order valence-electron chi connectivity index (χ2n) is 7.58. The van der Waals surface area contributed by atoms with Gasteiger partial charge >= 0.3 is 0 Å². The summed E-state index contributed by atoms with van der Waals surface area (Å²) in [6.07, 6.45) is 2.01. The predicted octanol–water partition coefficient (Wildman–Crippen LogP) is 3.66. The van der Waals surface area contributed by atoms with Crippen LogP contribution in [-0.4, -0.2) is 38.3 Å². The monoisotopic (exact) mass is 285 g/mol. The van der Waals surface area contributed by atoms with Crippen LogP contribution in [0.5, 0.6) is 0 Å². The molecule has 0 bridgehead atoms. The topological polar surface area (TPSA) is 29.5 Å². The average molecular weight is 286 g/mol. The van der Waals surface area contributed by atoms with Gasteiger partial charge in [-0.25, -0.2) is 0 Å². The molecule has 4 heteroatoms. The fraction of sp³-hybridized carbons (Fsp3) is 0.933. The van der Waals surface area contributed by atoms with E-state index in [9.17, 15) is 4.79 Å². The van der Waals surface area contributed by atoms with Crippen LogP contribution in [0.25, 0.3) is 0 Å². The number of likely N-dealkylation sites (tertiary alicyclic amines) is 1. The van der Waals surface area contributed by atoms with Crippen molar-refractivity contribution in [2.24, 2.45) is 5.92 Å². The van der Waals surface area contributed by atoms with Gasteiger partial charge < -0.3 is 9.33 Å². The van der Waals surface area contributed by atoms with Crippen molar-refractivity contribution in [2.75, 3.05) is 13.1 Å². The third-order valence-corrected chi connectivity index (χ3v) is 8.95. The molecule has 0 unspecified atom stereocenters. The van der Waals surface area contributed by atoms with Crippen LogP contribution in [0.2, 0.25) is 18.1 Å². The Morgan fingerprint density at radius 2 is 1.63 bits per heavy atom. The van der Waals surface area contributed by atoms with Crippen molar-refractivity contribution >= 4 is 14.2 Å². The van der Waals surface area contributed by atoms with Crippen molar-refractivity contribution in [2.45, 2.75) is 71.7 Å². The Hall–Kier alpha value is -0.353. The Bertz CT molecular complexity index is 315. The van der Waals surface area contributed by atoms with Crippen molar-refractivity contribution < 1.29 is 9.22 Å². The lowest BCUT2D eigenvalue weighted by Crippen LogP contribution is -2.51. The van der Waals surface area contributed by atoms with Crippen LogP contribution in [0.4, 0.5) is 0 Å². The molecule has 0 aromatic rings. The van der Waals surface area contributed by atoms with Gasteiger partial charge in [0.25, 0.3) is 5.91 Å². The highest BCUT2D eigenvalue weighted by molar-refractivity contribution is 6.74. The van der Waals surface area contributed by atoms with Crippen molar-refractivity contribution in [3.63, 3.8) is 0 Å². The molecule has 1 amide bonds. The van der Waals surface area contributed by atoms with Crippen LogP contribution >= 0.6 is 0 Å². The molecule has 1 atom stereocenters. The zero-order chi connectivity index (χ0) is 14.8. The molecule has 0 aromatic carbocycles. The van der Waals surface area contributed by atoms with Gasteiger partial charge in [-0.1, -0.05) is 34.6 Å². The minimum Gasteiger partial charge on any atom is -0.405 e. The van der Waals surface area contributed by atoms with E-state index in [4.69, 9.17) is 4.43 Å². The Labute approximate surface area is 119 Å². The van der Waals surface area contributed by atoms with E-state index in [0.717, 1.165) is 25.9 Å². The fourth-order valence-corrected chi connectivity index (χ4v) is 3.44. The van der Waals surface area contributed by atoms with Gasteiger partial charge in [0, 0.05) is 13.1 Å². The third-order valence-electron chi connectivity index (χ3n) is 4.49. The minimum absolute atomic E-state index is 0.144. The highest BCUT2D eigenvalue weighted by Crippen LogP contribution is 2.38. The molecule has 112 valence electrons. The number of carbonyl (C=O) groups excluding carboxylic acids is 1. The zero-order valence-electron chi connectivity index (χ0n) is 13.7. The number of amides is 1. The van der Waals surface area contributed by atoms with E-state index >= 15 is 0 Å². The molecule has 19 heavy (non-hydrogen) atoms. The Morgan fingerprint density at radius 1 is 1.16 bits per heavy atom. The lowest BCUT2D eigenvalue weighted by Gasteiger charge is -2.40. The summed E-state index contributed by atoms with van der Waals surface area (Å²) in [7, 11) is -1.89. The summed E-state index contributed by atoms with van der Waals surface area (Å²) in [5, 5.41) is 0.144. The van der Waals surface area contributed by atoms with Gasteiger partial charge in [-0.2, -0.15) is 0 Å². The van der Waals surface area contributed by atoms with Crippen molar-refractivity contribution in [3.8, 4) is 0 Å². The summed E-state index contributed by atoms with van der Waals surface area (Å²) in [6.45, 7) is 17.1. The molecule has 0 saturated carbocycles. The van der Waals surface area contributed by atoms with E-state index in [2.05, 4.69) is 47.7 Å². The molecular weight excluding hydrogens is 254 g/mol. The Balaban J connectivity index is 2.81. The Kier molecular flexibility index (Phi) is 5.24. The molecule has 1 rings (SSSR count). The van der Waals surface area contributed by atoms with E-state index in [1.807, 2.05) is 4.90 Å². The number of hydrogen-bond donors (Lipinski definition) is 0. The van der Waals surface area contributed by atoms with Crippen LogP contribution in [0.1, 0.15) is 47.5 Å². The van der Waals surface area contributed by atoms with Gasteiger partial charge in [0.05, 0.1) is 0 Å². The van der Waals surface area contributed by atoms with Crippen LogP contribution < -0.4 is 0 Å². The molecule has 0 radical (unpaired) electrons. The first kappa shape index (κ1) is 16.7. The number of nitrogens with zero attached hydrogens (tertiary/aromatic N) is 1. The van der Waals surface area contributed by atoms with Crippen LogP contribution in [0.3, 0.4) is 0 Å². The maximum absolute atomic E-state index is 12.6. The lowest BCUT2D eigenvalue weighted by molar-refractivity contribution is -0.140. The summed E-state index contributed by atoms with van der Waals surface area (Å²) in [5.41, 5.74) is 0. The van der Waals surface area contributed by atoms with Gasteiger partial charge in [-0.05, 0) is 36.9 Å². The van der Waals surface area contributed by atoms with Crippen molar-refractivity contribution in [1.29, 1.82) is 0 Å². The van der Waals surface area contributed by atoms with Gasteiger partial charge in [-0.3, -0.25) is 4.79 Å². The highest BCUT2D eigenvalue weighted by Gasteiger charge is 2.42. The molecule has 1 aliphatic heterocycles. The SMILES string of the molecule is CC(C)[C@H](O[Si](C)(C)C(C)(C)C)C(=O)N1CCCC1. The number of hydrogen-bond acceptors (Lipinski definition) is 2. The third kappa shape index (κ3) is 4.05. The maximum Gasteiger partial charge on any atom is 0.250 e. The van der Waals surface area contributed by atoms with Gasteiger partial charge in [0.2, 0.25) is 0 Å². The molecule has 0 aliphatic carbocycles. The number of carbonyl (C=O) groups is 1. The molecule has 1 heterocycles. The summed E-state index contributed by atoms with van der Waals surface area (Å²) in [6, 6.07) is 0. The van der Waals surface area contributed by atoms with Gasteiger partial charge in [0.1, 0.15) is 6.10 Å². The first-order valence-electron chi connectivity index (χ1n) is 7.53. The maximum atomic E-state index is 12.6. The van der Waals surface area contributed by atoms with E-state index in [0.29, 0.717) is 0 Å².